The van der Waals surface area contributed by atoms with Gasteiger partial charge in [0.05, 0.1) is 47.0 Å². The number of ether oxygens (including phenoxy) is 3. The third kappa shape index (κ3) is 5.88. The number of H-pyrrole nitrogens is 1. The van der Waals surface area contributed by atoms with E-state index in [2.05, 4.69) is 31.1 Å². The lowest BCUT2D eigenvalue weighted by Crippen LogP contribution is -2.33. The maximum atomic E-state index is 14.9. The predicted molar refractivity (Wildman–Crippen MR) is 197 cm³/mol. The maximum absolute atomic E-state index is 14.9. The third-order valence-electron chi connectivity index (χ3n) is 10.3. The number of hydrogen-bond donors (Lipinski definition) is 2. The third-order valence-corrected chi connectivity index (χ3v) is 10.5. The Bertz CT molecular complexity index is 2420. The zero-order valence-corrected chi connectivity index (χ0v) is 29.5. The molecule has 2 aromatic heterocycles. The average molecular weight is 719 g/mol. The zero-order chi connectivity index (χ0) is 35.6. The lowest BCUT2D eigenvalue weighted by Gasteiger charge is -2.29. The number of para-hydroxylation sites is 1. The Kier molecular flexibility index (Phi) is 8.02. The molecule has 0 spiro atoms. The van der Waals surface area contributed by atoms with E-state index in [1.54, 1.807) is 19.1 Å². The van der Waals surface area contributed by atoms with Gasteiger partial charge in [0.15, 0.2) is 11.5 Å². The van der Waals surface area contributed by atoms with Crippen molar-refractivity contribution in [1.82, 2.24) is 24.6 Å². The first-order valence-electron chi connectivity index (χ1n) is 17.5. The van der Waals surface area contributed by atoms with Crippen molar-refractivity contribution in [3.8, 4) is 11.5 Å². The Morgan fingerprint density at radius 2 is 2.00 bits per heavy atom. The number of rotatable bonds is 8. The molecule has 4 aromatic carbocycles. The second kappa shape index (κ2) is 12.8. The number of carbonyl (C=O) groups excluding carboxylic acids is 1. The van der Waals surface area contributed by atoms with Crippen LogP contribution < -0.4 is 14.8 Å². The molecule has 6 aromatic rings. The number of fused-ring (bicyclic) bond motifs is 3. The van der Waals surface area contributed by atoms with Crippen LogP contribution in [0.15, 0.2) is 78.9 Å². The van der Waals surface area contributed by atoms with Crippen molar-refractivity contribution in [1.29, 1.82) is 0 Å². The van der Waals surface area contributed by atoms with Crippen molar-refractivity contribution in [2.24, 2.45) is 0 Å². The minimum atomic E-state index is -1.31. The molecule has 52 heavy (non-hydrogen) atoms. The van der Waals surface area contributed by atoms with Gasteiger partial charge in [-0.15, -0.1) is 0 Å². The van der Waals surface area contributed by atoms with E-state index in [1.807, 2.05) is 61.5 Å². The lowest BCUT2D eigenvalue weighted by molar-refractivity contribution is -0.0708. The van der Waals surface area contributed by atoms with E-state index in [9.17, 15) is 9.18 Å². The SMILES string of the molecule is Cc1n[nH]c2ccc(NC(=O)c3ccc4c(c3)nc(CN3CC=C(c5cccc6c5O[C@@](C)(c5ccc(Cl)cc5F)O6)CC3)n4C[C@@H]3CCO3)cc12. The molecular weight excluding hydrogens is 683 g/mol. The fourth-order valence-corrected chi connectivity index (χ4v) is 7.51. The summed E-state index contributed by atoms with van der Waals surface area (Å²) in [6, 6.07) is 21.7. The summed E-state index contributed by atoms with van der Waals surface area (Å²) in [5.41, 5.74) is 7.16. The number of nitrogens with one attached hydrogen (secondary N) is 2. The number of aryl methyl sites for hydroxylation is 1. The Morgan fingerprint density at radius 1 is 1.12 bits per heavy atom. The number of halogens is 2. The molecule has 2 N–H and O–H groups in total. The first-order valence-corrected chi connectivity index (χ1v) is 17.8. The molecule has 9 rings (SSSR count). The van der Waals surface area contributed by atoms with Gasteiger partial charge >= 0.3 is 0 Å². The Hall–Kier alpha value is -5.23. The van der Waals surface area contributed by atoms with Gasteiger partial charge in [-0.2, -0.15) is 5.10 Å². The number of imidazole rings is 1. The molecule has 264 valence electrons. The van der Waals surface area contributed by atoms with E-state index < -0.39 is 11.6 Å². The average Bonchev–Trinajstić information content (AvgIpc) is 3.78. The topological polar surface area (TPSA) is 107 Å². The Labute approximate surface area is 304 Å². The summed E-state index contributed by atoms with van der Waals surface area (Å²) in [4.78, 5) is 20.8. The van der Waals surface area contributed by atoms with Gasteiger partial charge in [-0.1, -0.05) is 29.8 Å². The summed E-state index contributed by atoms with van der Waals surface area (Å²) >= 11 is 6.00. The highest BCUT2D eigenvalue weighted by Crippen LogP contribution is 2.49. The lowest BCUT2D eigenvalue weighted by atomic mass is 9.98. The van der Waals surface area contributed by atoms with Crippen LogP contribution in [-0.2, 0) is 23.6 Å². The van der Waals surface area contributed by atoms with Crippen LogP contribution in [0.5, 0.6) is 11.5 Å². The molecule has 0 saturated carbocycles. The van der Waals surface area contributed by atoms with E-state index in [1.165, 1.54) is 6.07 Å². The molecule has 3 aliphatic heterocycles. The van der Waals surface area contributed by atoms with E-state index in [0.717, 1.165) is 70.6 Å². The van der Waals surface area contributed by atoms with Gasteiger partial charge in [-0.05, 0) is 86.0 Å². The fourth-order valence-electron chi connectivity index (χ4n) is 7.35. The van der Waals surface area contributed by atoms with Crippen LogP contribution in [-0.4, -0.2) is 56.4 Å². The van der Waals surface area contributed by atoms with Crippen molar-refractivity contribution in [3.05, 3.63) is 118 Å². The number of amides is 1. The second-order valence-electron chi connectivity index (χ2n) is 13.8. The van der Waals surface area contributed by atoms with Gasteiger partial charge < -0.3 is 24.1 Å². The Morgan fingerprint density at radius 3 is 2.79 bits per heavy atom. The van der Waals surface area contributed by atoms with Crippen molar-refractivity contribution in [3.63, 3.8) is 0 Å². The fraction of sp³-hybridized carbons (Fsp3) is 0.275. The van der Waals surface area contributed by atoms with Crippen LogP contribution in [0.1, 0.15) is 52.8 Å². The summed E-state index contributed by atoms with van der Waals surface area (Å²) in [6.45, 7) is 7.28. The molecule has 10 nitrogen and oxygen atoms in total. The highest BCUT2D eigenvalue weighted by Gasteiger charge is 2.42. The van der Waals surface area contributed by atoms with Gasteiger partial charge in [-0.3, -0.25) is 14.8 Å². The molecule has 0 radical (unpaired) electrons. The molecule has 0 unspecified atom stereocenters. The summed E-state index contributed by atoms with van der Waals surface area (Å²) in [6.07, 6.45) is 4.15. The van der Waals surface area contributed by atoms with Gasteiger partial charge in [0.25, 0.3) is 11.7 Å². The van der Waals surface area contributed by atoms with Gasteiger partial charge in [-0.25, -0.2) is 9.37 Å². The molecule has 1 fully saturated rings. The van der Waals surface area contributed by atoms with E-state index in [-0.39, 0.29) is 17.6 Å². The number of nitrogens with zero attached hydrogens (tertiary/aromatic N) is 4. The molecule has 1 saturated heterocycles. The Balaban J connectivity index is 0.938. The number of anilines is 1. The van der Waals surface area contributed by atoms with E-state index >= 15 is 0 Å². The summed E-state index contributed by atoms with van der Waals surface area (Å²) in [5.74, 6) is 0.120. The van der Waals surface area contributed by atoms with Crippen molar-refractivity contribution >= 4 is 50.7 Å². The van der Waals surface area contributed by atoms with Crippen LogP contribution in [0.3, 0.4) is 0 Å². The highest BCUT2D eigenvalue weighted by atomic mass is 35.5. The van der Waals surface area contributed by atoms with Crippen molar-refractivity contribution < 1.29 is 23.4 Å². The van der Waals surface area contributed by atoms with Gasteiger partial charge in [0.2, 0.25) is 0 Å². The van der Waals surface area contributed by atoms with Crippen molar-refractivity contribution in [2.75, 3.05) is 25.0 Å². The van der Waals surface area contributed by atoms with Crippen LogP contribution in [0, 0.1) is 12.7 Å². The monoisotopic (exact) mass is 718 g/mol. The van der Waals surface area contributed by atoms with Crippen LogP contribution in [0.2, 0.25) is 5.02 Å². The van der Waals surface area contributed by atoms with Crippen LogP contribution >= 0.6 is 11.6 Å². The standard InChI is InChI=1S/C40H36ClFN6O4/c1-23-30-20-27(8-10-33(30)46-45-23)43-39(49)25-6-11-35-34(18-25)44-37(48(35)21-28-14-17-50-28)22-47-15-12-24(13-16-47)29-4-3-5-36-38(29)52-40(2,51-36)31-9-7-26(41)19-32(31)42/h3-12,18-20,28H,13-17,21-22H2,1-2H3,(H,43,49)(H,45,46)/t28-,40-/m0/s1. The number of benzene rings is 4. The molecular formula is C40H36ClFN6O4. The molecule has 5 heterocycles. The quantitative estimate of drug-likeness (QED) is 0.164. The molecule has 0 bridgehead atoms. The first kappa shape index (κ1) is 32.7. The molecule has 2 atom stereocenters. The highest BCUT2D eigenvalue weighted by molar-refractivity contribution is 6.30. The molecule has 1 amide bonds. The van der Waals surface area contributed by atoms with E-state index in [4.69, 9.17) is 30.8 Å². The summed E-state index contributed by atoms with van der Waals surface area (Å²) < 4.78 is 35.6. The number of hydrogen-bond acceptors (Lipinski definition) is 7. The number of aromatic nitrogens is 4. The molecule has 0 aliphatic carbocycles. The maximum Gasteiger partial charge on any atom is 0.278 e. The minimum Gasteiger partial charge on any atom is -0.444 e. The normalized spacial score (nSPS) is 19.9. The van der Waals surface area contributed by atoms with Gasteiger partial charge in [0, 0.05) is 53.8 Å². The van der Waals surface area contributed by atoms with Crippen LogP contribution in [0.25, 0.3) is 27.5 Å². The van der Waals surface area contributed by atoms with Gasteiger partial charge in [0.1, 0.15) is 11.6 Å². The predicted octanol–water partition coefficient (Wildman–Crippen LogP) is 7.99. The first-order chi connectivity index (χ1) is 25.2. The second-order valence-corrected chi connectivity index (χ2v) is 14.2. The largest absolute Gasteiger partial charge is 0.444 e. The number of carbonyl (C=O) groups is 1. The van der Waals surface area contributed by atoms with Crippen molar-refractivity contribution in [2.45, 2.75) is 51.7 Å². The summed E-state index contributed by atoms with van der Waals surface area (Å²) in [5, 5.41) is 11.6. The van der Waals surface area contributed by atoms with E-state index in [0.29, 0.717) is 47.4 Å². The number of aromatic amines is 1. The van der Waals surface area contributed by atoms with Crippen LogP contribution in [0.4, 0.5) is 10.1 Å². The smallest absolute Gasteiger partial charge is 0.278 e. The molecule has 3 aliphatic rings. The molecule has 12 heteroatoms. The minimum absolute atomic E-state index is 0.141. The summed E-state index contributed by atoms with van der Waals surface area (Å²) in [7, 11) is 0. The zero-order valence-electron chi connectivity index (χ0n) is 28.7.